The second-order valence-corrected chi connectivity index (χ2v) is 6.75. The van der Waals surface area contributed by atoms with Crippen molar-refractivity contribution in [3.63, 3.8) is 0 Å². The van der Waals surface area contributed by atoms with Crippen LogP contribution >= 0.6 is 24.0 Å². The molecule has 108 valence electrons. The van der Waals surface area contributed by atoms with Crippen LogP contribution in [0.3, 0.4) is 0 Å². The summed E-state index contributed by atoms with van der Waals surface area (Å²) >= 11 is 5.78. The van der Waals surface area contributed by atoms with E-state index in [2.05, 4.69) is 5.32 Å². The minimum atomic E-state index is -3.39. The maximum Gasteiger partial charge on any atom is 0.243 e. The Kier molecular flexibility index (Phi) is 6.08. The first-order valence-electron chi connectivity index (χ1n) is 5.97. The van der Waals surface area contributed by atoms with Crippen LogP contribution in [0.25, 0.3) is 0 Å². The quantitative estimate of drug-likeness (QED) is 0.923. The van der Waals surface area contributed by atoms with Crippen molar-refractivity contribution >= 4 is 34.0 Å². The summed E-state index contributed by atoms with van der Waals surface area (Å²) in [5, 5.41) is 3.59. The van der Waals surface area contributed by atoms with E-state index in [1.54, 1.807) is 28.6 Å². The van der Waals surface area contributed by atoms with Crippen LogP contribution in [0.2, 0.25) is 5.02 Å². The topological polar surface area (TPSA) is 49.4 Å². The van der Waals surface area contributed by atoms with E-state index in [1.807, 2.05) is 7.05 Å². The lowest BCUT2D eigenvalue weighted by atomic mass is 10.2. The van der Waals surface area contributed by atoms with Gasteiger partial charge in [-0.15, -0.1) is 12.4 Å². The minimum absolute atomic E-state index is 0. The Balaban J connectivity index is 0.00000180. The number of likely N-dealkylation sites (N-methyl/N-ethyl adjacent to an activating group) is 1. The Labute approximate surface area is 125 Å². The van der Waals surface area contributed by atoms with Gasteiger partial charge in [-0.1, -0.05) is 11.6 Å². The van der Waals surface area contributed by atoms with Crippen LogP contribution in [0.4, 0.5) is 0 Å². The van der Waals surface area contributed by atoms with Crippen molar-refractivity contribution in [1.29, 1.82) is 0 Å². The van der Waals surface area contributed by atoms with E-state index in [4.69, 9.17) is 11.6 Å². The van der Waals surface area contributed by atoms with Crippen LogP contribution in [0, 0.1) is 0 Å². The molecule has 4 nitrogen and oxygen atoms in total. The summed E-state index contributed by atoms with van der Waals surface area (Å²) in [5.74, 6) is 0. The molecule has 0 saturated carbocycles. The highest BCUT2D eigenvalue weighted by Gasteiger charge is 2.34. The molecule has 7 heteroatoms. The first-order valence-corrected chi connectivity index (χ1v) is 7.79. The molecule has 0 aromatic heterocycles. The fourth-order valence-corrected chi connectivity index (χ4v) is 4.13. The van der Waals surface area contributed by atoms with E-state index < -0.39 is 10.0 Å². The SMILES string of the molecule is CNCC1CCCN1S(=O)(=O)c1ccc(Cl)cc1.Cl. The molecule has 0 radical (unpaired) electrons. The van der Waals surface area contributed by atoms with Crippen molar-refractivity contribution in [3.05, 3.63) is 29.3 Å². The number of nitrogens with one attached hydrogen (secondary N) is 1. The number of halogens is 2. The average molecular weight is 325 g/mol. The van der Waals surface area contributed by atoms with E-state index in [9.17, 15) is 8.42 Å². The summed E-state index contributed by atoms with van der Waals surface area (Å²) in [6.45, 7) is 1.28. The molecule has 1 atom stereocenters. The molecule has 1 aromatic rings. The Morgan fingerprint density at radius 1 is 1.37 bits per heavy atom. The fourth-order valence-electron chi connectivity index (χ4n) is 2.31. The standard InChI is InChI=1S/C12H17ClN2O2S.ClH/c1-14-9-11-3-2-8-15(11)18(16,17)12-6-4-10(13)5-7-12;/h4-7,11,14H,2-3,8-9H2,1H3;1H. The van der Waals surface area contributed by atoms with Gasteiger partial charge in [0.25, 0.3) is 0 Å². The number of rotatable bonds is 4. The van der Waals surface area contributed by atoms with E-state index in [1.165, 1.54) is 0 Å². The maximum atomic E-state index is 12.5. The van der Waals surface area contributed by atoms with Crippen molar-refractivity contribution in [2.24, 2.45) is 0 Å². The molecular formula is C12H18Cl2N2O2S. The largest absolute Gasteiger partial charge is 0.318 e. The second kappa shape index (κ2) is 6.90. The zero-order chi connectivity index (χ0) is 13.2. The molecule has 19 heavy (non-hydrogen) atoms. The van der Waals surface area contributed by atoms with E-state index in [-0.39, 0.29) is 18.4 Å². The monoisotopic (exact) mass is 324 g/mol. The molecule has 1 aliphatic rings. The van der Waals surface area contributed by atoms with E-state index in [0.717, 1.165) is 12.8 Å². The summed E-state index contributed by atoms with van der Waals surface area (Å²) in [4.78, 5) is 0.315. The van der Waals surface area contributed by atoms with Gasteiger partial charge in [0.2, 0.25) is 10.0 Å². The highest BCUT2D eigenvalue weighted by molar-refractivity contribution is 7.89. The van der Waals surface area contributed by atoms with E-state index >= 15 is 0 Å². The second-order valence-electron chi connectivity index (χ2n) is 4.42. The van der Waals surface area contributed by atoms with Gasteiger partial charge in [-0.25, -0.2) is 8.42 Å². The molecule has 0 spiro atoms. The van der Waals surface area contributed by atoms with Gasteiger partial charge in [0.1, 0.15) is 0 Å². The Morgan fingerprint density at radius 2 is 2.00 bits per heavy atom. The molecule has 1 saturated heterocycles. The average Bonchev–Trinajstić information content (AvgIpc) is 2.79. The highest BCUT2D eigenvalue weighted by atomic mass is 35.5. The van der Waals surface area contributed by atoms with Gasteiger partial charge < -0.3 is 5.32 Å². The Morgan fingerprint density at radius 3 is 2.58 bits per heavy atom. The summed E-state index contributed by atoms with van der Waals surface area (Å²) < 4.78 is 26.6. The third-order valence-electron chi connectivity index (χ3n) is 3.18. The van der Waals surface area contributed by atoms with Crippen molar-refractivity contribution in [2.45, 2.75) is 23.8 Å². The minimum Gasteiger partial charge on any atom is -0.318 e. The van der Waals surface area contributed by atoms with Gasteiger partial charge in [0.15, 0.2) is 0 Å². The number of hydrogen-bond donors (Lipinski definition) is 1. The van der Waals surface area contributed by atoms with Crippen LogP contribution in [0.5, 0.6) is 0 Å². The molecule has 1 aliphatic heterocycles. The number of benzene rings is 1. The van der Waals surface area contributed by atoms with Crippen LogP contribution < -0.4 is 5.32 Å². The molecule has 0 bridgehead atoms. The molecular weight excluding hydrogens is 307 g/mol. The summed E-state index contributed by atoms with van der Waals surface area (Å²) in [6, 6.07) is 6.39. The number of sulfonamides is 1. The lowest BCUT2D eigenvalue weighted by Crippen LogP contribution is -2.40. The molecule has 0 aliphatic carbocycles. The maximum absolute atomic E-state index is 12.5. The Hall–Kier alpha value is -0.330. The summed E-state index contributed by atoms with van der Waals surface area (Å²) in [7, 11) is -1.55. The zero-order valence-electron chi connectivity index (χ0n) is 10.7. The predicted octanol–water partition coefficient (Wildman–Crippen LogP) is 2.13. The van der Waals surface area contributed by atoms with Crippen LogP contribution in [0.15, 0.2) is 29.2 Å². The predicted molar refractivity (Wildman–Crippen MR) is 79.5 cm³/mol. The summed E-state index contributed by atoms with van der Waals surface area (Å²) in [5.41, 5.74) is 0. The normalized spacial score (nSPS) is 20.2. The van der Waals surface area contributed by atoms with Crippen molar-refractivity contribution in [1.82, 2.24) is 9.62 Å². The third-order valence-corrected chi connectivity index (χ3v) is 5.40. The van der Waals surface area contributed by atoms with Crippen LogP contribution in [-0.2, 0) is 10.0 Å². The van der Waals surface area contributed by atoms with Crippen molar-refractivity contribution < 1.29 is 8.42 Å². The van der Waals surface area contributed by atoms with Crippen molar-refractivity contribution in [3.8, 4) is 0 Å². The number of nitrogens with zero attached hydrogens (tertiary/aromatic N) is 1. The zero-order valence-corrected chi connectivity index (χ0v) is 13.1. The lowest BCUT2D eigenvalue weighted by molar-refractivity contribution is 0.379. The number of hydrogen-bond acceptors (Lipinski definition) is 3. The summed E-state index contributed by atoms with van der Waals surface area (Å²) in [6.07, 6.45) is 1.83. The van der Waals surface area contributed by atoms with Crippen LogP contribution in [-0.4, -0.2) is 38.9 Å². The molecule has 1 N–H and O–H groups in total. The third kappa shape index (κ3) is 3.61. The molecule has 1 heterocycles. The molecule has 1 aromatic carbocycles. The smallest absolute Gasteiger partial charge is 0.243 e. The van der Waals surface area contributed by atoms with Gasteiger partial charge in [-0.2, -0.15) is 4.31 Å². The van der Waals surface area contributed by atoms with Crippen LogP contribution in [0.1, 0.15) is 12.8 Å². The first kappa shape index (κ1) is 16.7. The molecule has 2 rings (SSSR count). The van der Waals surface area contributed by atoms with Gasteiger partial charge in [-0.3, -0.25) is 0 Å². The van der Waals surface area contributed by atoms with Gasteiger partial charge in [-0.05, 0) is 44.2 Å². The van der Waals surface area contributed by atoms with Gasteiger partial charge in [0, 0.05) is 24.2 Å². The van der Waals surface area contributed by atoms with Gasteiger partial charge in [0.05, 0.1) is 4.90 Å². The van der Waals surface area contributed by atoms with Crippen molar-refractivity contribution in [2.75, 3.05) is 20.1 Å². The lowest BCUT2D eigenvalue weighted by Gasteiger charge is -2.23. The highest BCUT2D eigenvalue weighted by Crippen LogP contribution is 2.26. The first-order chi connectivity index (χ1) is 8.55. The molecule has 1 unspecified atom stereocenters. The Bertz CT molecular complexity index is 505. The fraction of sp³-hybridized carbons (Fsp3) is 0.500. The van der Waals surface area contributed by atoms with Gasteiger partial charge >= 0.3 is 0 Å². The molecule has 0 amide bonds. The molecule has 1 fully saturated rings. The van der Waals surface area contributed by atoms with E-state index in [0.29, 0.717) is 23.0 Å².